The minimum Gasteiger partial charge on any atom is -0.466 e. The van der Waals surface area contributed by atoms with Crippen molar-refractivity contribution in [2.75, 3.05) is 84.6 Å². The molecule has 60 heavy (non-hydrogen) atoms. The van der Waals surface area contributed by atoms with Gasteiger partial charge in [-0.05, 0) is 114 Å². The van der Waals surface area contributed by atoms with Crippen LogP contribution in [0.5, 0.6) is 0 Å². The standard InChI is InChI=1S/C43H61ClF3N7O6/c1-29(10-11-38(55)59-25-7-18-50(2)3)12-19-51(4)32-14-20-52(21-15-32)40(56)37(28-30-26-34(43(45,46)47)39(48)35(44)27-30)60-42(58)53-22-16-33(17-23-53)54-24-13-31-8-5-6-9-36(31)49-41(54)57/h5-6,8-9,26-27,29,32-33,37H,7,10-25,28,48H2,1-4H3,(H,49,57)/t29?,37-/m1/s1. The summed E-state index contributed by atoms with van der Waals surface area (Å²) in [7, 11) is 6.00. The van der Waals surface area contributed by atoms with Crippen LogP contribution in [-0.4, -0.2) is 140 Å². The van der Waals surface area contributed by atoms with Gasteiger partial charge in [0.15, 0.2) is 6.10 Å². The van der Waals surface area contributed by atoms with Crippen LogP contribution < -0.4 is 11.1 Å². The second-order valence-electron chi connectivity index (χ2n) is 16.7. The number of benzene rings is 2. The number of carbonyl (C=O) groups excluding carboxylic acids is 4. The second kappa shape index (κ2) is 21.5. The molecule has 2 aromatic carbocycles. The molecular formula is C43H61ClF3N7O6. The SMILES string of the molecule is CC(CCC(=O)OCCCN(C)C)CCN(C)C1CCN(C(=O)[C@@H](Cc2cc(Cl)c(N)c(C(F)(F)F)c2)OC(=O)N2CCC(N3CCc4ccccc4NC3=O)CC2)CC1. The molecule has 17 heteroatoms. The Labute approximate surface area is 356 Å². The molecule has 3 heterocycles. The van der Waals surface area contributed by atoms with Crippen LogP contribution in [0.25, 0.3) is 0 Å². The zero-order valence-electron chi connectivity index (χ0n) is 35.3. The van der Waals surface area contributed by atoms with Gasteiger partial charge in [0.25, 0.3) is 5.91 Å². The van der Waals surface area contributed by atoms with E-state index in [-0.39, 0.29) is 54.2 Å². The molecule has 3 N–H and O–H groups in total. The van der Waals surface area contributed by atoms with Gasteiger partial charge < -0.3 is 45.0 Å². The summed E-state index contributed by atoms with van der Waals surface area (Å²) >= 11 is 6.15. The first-order chi connectivity index (χ1) is 28.5. The van der Waals surface area contributed by atoms with Crippen molar-refractivity contribution in [1.82, 2.24) is 24.5 Å². The van der Waals surface area contributed by atoms with E-state index in [1.165, 1.54) is 11.0 Å². The average Bonchev–Trinajstić information content (AvgIpc) is 3.38. The zero-order chi connectivity index (χ0) is 43.6. The Kier molecular flexibility index (Phi) is 16.8. The number of likely N-dealkylation sites (tertiary alicyclic amines) is 2. The number of urea groups is 1. The molecule has 2 fully saturated rings. The van der Waals surface area contributed by atoms with E-state index in [4.69, 9.17) is 26.8 Å². The Morgan fingerprint density at radius 3 is 2.33 bits per heavy atom. The second-order valence-corrected chi connectivity index (χ2v) is 17.1. The van der Waals surface area contributed by atoms with E-state index in [2.05, 4.69) is 17.1 Å². The summed E-state index contributed by atoms with van der Waals surface area (Å²) in [6.07, 6.45) is -1.50. The molecule has 13 nitrogen and oxygen atoms in total. The van der Waals surface area contributed by atoms with Gasteiger partial charge in [-0.15, -0.1) is 0 Å². The van der Waals surface area contributed by atoms with Crippen molar-refractivity contribution in [1.29, 1.82) is 0 Å². The van der Waals surface area contributed by atoms with Crippen LogP contribution in [0.4, 0.5) is 34.1 Å². The summed E-state index contributed by atoms with van der Waals surface area (Å²) in [5, 5.41) is 2.68. The Hall–Kier alpha value is -4.28. The predicted molar refractivity (Wildman–Crippen MR) is 225 cm³/mol. The Morgan fingerprint density at radius 1 is 0.967 bits per heavy atom. The van der Waals surface area contributed by atoms with Gasteiger partial charge in [0, 0.05) is 69.9 Å². The first-order valence-electron chi connectivity index (χ1n) is 21.1. The summed E-state index contributed by atoms with van der Waals surface area (Å²) in [6, 6.07) is 9.67. The van der Waals surface area contributed by atoms with Gasteiger partial charge in [0.05, 0.1) is 22.9 Å². The summed E-state index contributed by atoms with van der Waals surface area (Å²) in [6.45, 7) is 6.03. The lowest BCUT2D eigenvalue weighted by molar-refractivity contribution is -0.144. The predicted octanol–water partition coefficient (Wildman–Crippen LogP) is 6.77. The number of esters is 1. The van der Waals surface area contributed by atoms with Gasteiger partial charge in [-0.2, -0.15) is 13.2 Å². The summed E-state index contributed by atoms with van der Waals surface area (Å²) in [5.41, 5.74) is 5.83. The number of amides is 4. The first kappa shape index (κ1) is 46.8. The number of fused-ring (bicyclic) bond motifs is 1. The summed E-state index contributed by atoms with van der Waals surface area (Å²) in [5.74, 6) is -0.356. The molecule has 5 rings (SSSR count). The summed E-state index contributed by atoms with van der Waals surface area (Å²) < 4.78 is 53.0. The van der Waals surface area contributed by atoms with Gasteiger partial charge in [-0.1, -0.05) is 36.7 Å². The van der Waals surface area contributed by atoms with Crippen LogP contribution in [0.1, 0.15) is 75.0 Å². The Balaban J connectivity index is 1.16. The minimum absolute atomic E-state index is 0.0564. The lowest BCUT2D eigenvalue weighted by Crippen LogP contribution is -2.52. The van der Waals surface area contributed by atoms with Crippen molar-refractivity contribution in [3.05, 3.63) is 58.1 Å². The highest BCUT2D eigenvalue weighted by Crippen LogP contribution is 2.38. The Morgan fingerprint density at radius 2 is 1.65 bits per heavy atom. The van der Waals surface area contributed by atoms with Gasteiger partial charge in [-0.3, -0.25) is 9.59 Å². The van der Waals surface area contributed by atoms with Gasteiger partial charge in [0.1, 0.15) is 0 Å². The molecular weight excluding hydrogens is 803 g/mol. The van der Waals surface area contributed by atoms with Crippen LogP contribution in [0, 0.1) is 5.92 Å². The molecule has 4 amide bonds. The topological polar surface area (TPSA) is 141 Å². The molecule has 332 valence electrons. The Bertz CT molecular complexity index is 1790. The number of ether oxygens (including phenoxy) is 2. The van der Waals surface area contributed by atoms with E-state index in [1.54, 1.807) is 9.80 Å². The molecule has 0 aliphatic carbocycles. The third kappa shape index (κ3) is 13.1. The number of nitrogens with two attached hydrogens (primary N) is 1. The monoisotopic (exact) mass is 863 g/mol. The van der Waals surface area contributed by atoms with E-state index in [1.807, 2.05) is 50.3 Å². The highest BCUT2D eigenvalue weighted by Gasteiger charge is 2.38. The number of piperidine rings is 2. The fourth-order valence-electron chi connectivity index (χ4n) is 8.20. The van der Waals surface area contributed by atoms with E-state index >= 15 is 0 Å². The number of carbonyl (C=O) groups is 4. The lowest BCUT2D eigenvalue weighted by Gasteiger charge is -2.39. The fraction of sp³-hybridized carbons (Fsp3) is 0.628. The van der Waals surface area contributed by atoms with Crippen LogP contribution in [0.2, 0.25) is 5.02 Å². The van der Waals surface area contributed by atoms with Crippen LogP contribution in [-0.2, 0) is 38.1 Å². The van der Waals surface area contributed by atoms with E-state index in [0.29, 0.717) is 70.7 Å². The third-order valence-electron chi connectivity index (χ3n) is 12.0. The number of anilines is 2. The van der Waals surface area contributed by atoms with Crippen molar-refractivity contribution in [3.8, 4) is 0 Å². The number of alkyl halides is 3. The number of nitrogens with one attached hydrogen (secondary N) is 1. The van der Waals surface area contributed by atoms with Crippen molar-refractivity contribution < 1.29 is 41.8 Å². The highest BCUT2D eigenvalue weighted by atomic mass is 35.5. The number of halogens is 4. The number of nitrogen functional groups attached to an aromatic ring is 1. The van der Waals surface area contributed by atoms with Crippen molar-refractivity contribution in [2.24, 2.45) is 5.92 Å². The quantitative estimate of drug-likeness (QED) is 0.106. The summed E-state index contributed by atoms with van der Waals surface area (Å²) in [4.78, 5) is 62.4. The van der Waals surface area contributed by atoms with Gasteiger partial charge in [0.2, 0.25) is 0 Å². The number of hydrogen-bond acceptors (Lipinski definition) is 9. The van der Waals surface area contributed by atoms with Gasteiger partial charge >= 0.3 is 24.3 Å². The van der Waals surface area contributed by atoms with Crippen LogP contribution >= 0.6 is 11.6 Å². The zero-order valence-corrected chi connectivity index (χ0v) is 36.0. The van der Waals surface area contributed by atoms with Crippen LogP contribution in [0.15, 0.2) is 36.4 Å². The molecule has 0 aromatic heterocycles. The highest BCUT2D eigenvalue weighted by molar-refractivity contribution is 6.33. The van der Waals surface area contributed by atoms with E-state index in [0.717, 1.165) is 49.7 Å². The third-order valence-corrected chi connectivity index (χ3v) is 12.3. The van der Waals surface area contributed by atoms with Crippen molar-refractivity contribution in [2.45, 2.75) is 95.5 Å². The number of hydrogen-bond donors (Lipinski definition) is 2. The molecule has 2 atom stereocenters. The fourth-order valence-corrected chi connectivity index (χ4v) is 8.44. The van der Waals surface area contributed by atoms with Crippen LogP contribution in [0.3, 0.4) is 0 Å². The average molecular weight is 864 g/mol. The molecule has 0 bridgehead atoms. The largest absolute Gasteiger partial charge is 0.466 e. The van der Waals surface area contributed by atoms with E-state index in [9.17, 15) is 32.3 Å². The minimum atomic E-state index is -4.79. The molecule has 0 radical (unpaired) electrons. The number of rotatable bonds is 16. The number of para-hydroxylation sites is 1. The molecule has 3 aliphatic heterocycles. The van der Waals surface area contributed by atoms with Gasteiger partial charge in [-0.25, -0.2) is 9.59 Å². The molecule has 2 saturated heterocycles. The van der Waals surface area contributed by atoms with Crippen molar-refractivity contribution >= 4 is 47.0 Å². The maximum atomic E-state index is 14.2. The van der Waals surface area contributed by atoms with Crippen molar-refractivity contribution in [3.63, 3.8) is 0 Å². The molecule has 3 aliphatic rings. The normalized spacial score (nSPS) is 17.9. The molecule has 1 unspecified atom stereocenters. The lowest BCUT2D eigenvalue weighted by atomic mass is 9.98. The molecule has 0 saturated carbocycles. The number of nitrogens with zero attached hydrogens (tertiary/aromatic N) is 5. The molecule has 0 spiro atoms. The molecule has 2 aromatic rings. The maximum absolute atomic E-state index is 14.2. The first-order valence-corrected chi connectivity index (χ1v) is 21.4. The smallest absolute Gasteiger partial charge is 0.418 e. The maximum Gasteiger partial charge on any atom is 0.418 e. The van der Waals surface area contributed by atoms with E-state index < -0.39 is 35.5 Å².